The molecule has 0 amide bonds. The van der Waals surface area contributed by atoms with Gasteiger partial charge in [-0.05, 0) is 32.0 Å². The molecule has 2 aromatic rings. The lowest BCUT2D eigenvalue weighted by Gasteiger charge is -2.04. The molecule has 0 saturated heterocycles. The van der Waals surface area contributed by atoms with Crippen LogP contribution in [-0.4, -0.2) is 23.3 Å². The average Bonchev–Trinajstić information content (AvgIpc) is 2.77. The van der Waals surface area contributed by atoms with Crippen molar-refractivity contribution in [2.45, 2.75) is 13.8 Å². The molecule has 0 fully saturated rings. The number of benzene rings is 1. The van der Waals surface area contributed by atoms with Crippen LogP contribution in [0.1, 0.15) is 30.7 Å². The van der Waals surface area contributed by atoms with Crippen LogP contribution in [-0.2, 0) is 4.74 Å². The van der Waals surface area contributed by atoms with Crippen molar-refractivity contribution >= 4 is 46.3 Å². The van der Waals surface area contributed by atoms with Crippen LogP contribution in [0.25, 0.3) is 0 Å². The van der Waals surface area contributed by atoms with Gasteiger partial charge in [0.15, 0.2) is 12.4 Å². The molecule has 1 aromatic carbocycles. The number of ether oxygens (including phenoxy) is 1. The predicted octanol–water partition coefficient (Wildman–Crippen LogP) is 4.11. The van der Waals surface area contributed by atoms with Gasteiger partial charge in [0, 0.05) is 5.56 Å². The number of halogens is 2. The number of thiazole rings is 1. The van der Waals surface area contributed by atoms with E-state index in [1.54, 1.807) is 13.8 Å². The molecule has 1 heterocycles. The van der Waals surface area contributed by atoms with Gasteiger partial charge in [0.05, 0.1) is 20.7 Å². The Balaban J connectivity index is 2.02. The fourth-order valence-corrected chi connectivity index (χ4v) is 2.78. The molecule has 0 unspecified atom stereocenters. The largest absolute Gasteiger partial charge is 0.453 e. The van der Waals surface area contributed by atoms with E-state index in [2.05, 4.69) is 4.98 Å². The number of aryl methyl sites for hydroxylation is 2. The summed E-state index contributed by atoms with van der Waals surface area (Å²) in [6, 6.07) is 4.50. The van der Waals surface area contributed by atoms with E-state index in [9.17, 15) is 9.59 Å². The average molecular weight is 344 g/mol. The first kappa shape index (κ1) is 15.9. The zero-order valence-corrected chi connectivity index (χ0v) is 13.6. The minimum Gasteiger partial charge on any atom is -0.453 e. The van der Waals surface area contributed by atoms with Crippen LogP contribution >= 0.6 is 34.5 Å². The Kier molecular flexibility index (Phi) is 4.98. The van der Waals surface area contributed by atoms with Gasteiger partial charge in [-0.3, -0.25) is 4.79 Å². The molecule has 110 valence electrons. The maximum Gasteiger partial charge on any atom is 0.350 e. The van der Waals surface area contributed by atoms with Gasteiger partial charge in [-0.2, -0.15) is 0 Å². The topological polar surface area (TPSA) is 56.3 Å². The number of carbonyl (C=O) groups excluding carboxylic acids is 2. The number of aromatic nitrogens is 1. The fraction of sp³-hybridized carbons (Fsp3) is 0.214. The van der Waals surface area contributed by atoms with Gasteiger partial charge < -0.3 is 4.74 Å². The van der Waals surface area contributed by atoms with Crippen LogP contribution in [0, 0.1) is 13.8 Å². The maximum absolute atomic E-state index is 11.9. The molecule has 7 heteroatoms. The number of rotatable bonds is 4. The quantitative estimate of drug-likeness (QED) is 0.619. The molecular weight excluding hydrogens is 333 g/mol. The molecular formula is C14H11Cl2NO3S. The smallest absolute Gasteiger partial charge is 0.350 e. The van der Waals surface area contributed by atoms with E-state index in [4.69, 9.17) is 27.9 Å². The van der Waals surface area contributed by atoms with Crippen LogP contribution in [0.2, 0.25) is 10.0 Å². The number of hydrogen-bond donors (Lipinski definition) is 0. The SMILES string of the molecule is Cc1nc(C)c(C(=O)OCC(=O)c2ccc(Cl)c(Cl)c2)s1. The monoisotopic (exact) mass is 343 g/mol. The van der Waals surface area contributed by atoms with Crippen molar-refractivity contribution in [2.24, 2.45) is 0 Å². The number of carbonyl (C=O) groups is 2. The molecule has 0 spiro atoms. The number of nitrogens with zero attached hydrogens (tertiary/aromatic N) is 1. The maximum atomic E-state index is 11.9. The van der Waals surface area contributed by atoms with Crippen molar-refractivity contribution in [2.75, 3.05) is 6.61 Å². The second kappa shape index (κ2) is 6.56. The van der Waals surface area contributed by atoms with Gasteiger partial charge in [-0.1, -0.05) is 23.2 Å². The standard InChI is InChI=1S/C14H11Cl2NO3S/c1-7-13(21-8(2)17-7)14(19)20-6-12(18)9-3-4-10(15)11(16)5-9/h3-5H,6H2,1-2H3. The first-order valence-electron chi connectivity index (χ1n) is 5.98. The summed E-state index contributed by atoms with van der Waals surface area (Å²) in [7, 11) is 0. The molecule has 0 atom stereocenters. The highest BCUT2D eigenvalue weighted by Gasteiger charge is 2.17. The Hall–Kier alpha value is -1.43. The second-order valence-corrected chi connectivity index (χ2v) is 6.29. The van der Waals surface area contributed by atoms with Crippen molar-refractivity contribution in [1.29, 1.82) is 0 Å². The summed E-state index contributed by atoms with van der Waals surface area (Å²) in [4.78, 5) is 28.4. The lowest BCUT2D eigenvalue weighted by molar-refractivity contribution is 0.0478. The zero-order valence-electron chi connectivity index (χ0n) is 11.3. The summed E-state index contributed by atoms with van der Waals surface area (Å²) in [5.41, 5.74) is 0.943. The Morgan fingerprint density at radius 2 is 1.95 bits per heavy atom. The highest BCUT2D eigenvalue weighted by atomic mass is 35.5. The zero-order chi connectivity index (χ0) is 15.6. The number of hydrogen-bond acceptors (Lipinski definition) is 5. The molecule has 1 aromatic heterocycles. The predicted molar refractivity (Wildman–Crippen MR) is 82.7 cm³/mol. The summed E-state index contributed by atoms with van der Waals surface area (Å²) in [5.74, 6) is -0.896. The van der Waals surface area contributed by atoms with E-state index < -0.39 is 5.97 Å². The van der Waals surface area contributed by atoms with Crippen molar-refractivity contribution in [3.63, 3.8) is 0 Å². The lowest BCUT2D eigenvalue weighted by atomic mass is 10.1. The first-order chi connectivity index (χ1) is 9.88. The van der Waals surface area contributed by atoms with E-state index in [0.717, 1.165) is 5.01 Å². The van der Waals surface area contributed by atoms with Crippen LogP contribution < -0.4 is 0 Å². The van der Waals surface area contributed by atoms with E-state index >= 15 is 0 Å². The van der Waals surface area contributed by atoms with E-state index in [0.29, 0.717) is 21.2 Å². The van der Waals surface area contributed by atoms with Gasteiger partial charge >= 0.3 is 5.97 Å². The highest BCUT2D eigenvalue weighted by molar-refractivity contribution is 7.13. The van der Waals surface area contributed by atoms with Gasteiger partial charge in [0.1, 0.15) is 4.88 Å². The molecule has 0 saturated carbocycles. The van der Waals surface area contributed by atoms with Crippen molar-refractivity contribution in [3.05, 3.63) is 49.4 Å². The summed E-state index contributed by atoms with van der Waals surface area (Å²) in [6.45, 7) is 3.17. The van der Waals surface area contributed by atoms with Crippen LogP contribution in [0.3, 0.4) is 0 Å². The molecule has 21 heavy (non-hydrogen) atoms. The molecule has 0 aliphatic heterocycles. The minimum atomic E-state index is -0.550. The Labute approximate surface area is 135 Å². The van der Waals surface area contributed by atoms with Crippen molar-refractivity contribution < 1.29 is 14.3 Å². The van der Waals surface area contributed by atoms with Crippen LogP contribution in [0.15, 0.2) is 18.2 Å². The molecule has 0 radical (unpaired) electrons. The summed E-state index contributed by atoms with van der Waals surface area (Å²) in [6.07, 6.45) is 0. The highest BCUT2D eigenvalue weighted by Crippen LogP contribution is 2.23. The van der Waals surface area contributed by atoms with E-state index in [-0.39, 0.29) is 17.4 Å². The lowest BCUT2D eigenvalue weighted by Crippen LogP contribution is -2.14. The van der Waals surface area contributed by atoms with Gasteiger partial charge in [-0.15, -0.1) is 11.3 Å². The van der Waals surface area contributed by atoms with E-state index in [1.165, 1.54) is 29.5 Å². The fourth-order valence-electron chi connectivity index (χ4n) is 1.67. The summed E-state index contributed by atoms with van der Waals surface area (Å²) in [5, 5.41) is 1.42. The Morgan fingerprint density at radius 3 is 2.52 bits per heavy atom. The van der Waals surface area contributed by atoms with Crippen LogP contribution in [0.4, 0.5) is 0 Å². The Morgan fingerprint density at radius 1 is 1.24 bits per heavy atom. The molecule has 0 aliphatic rings. The first-order valence-corrected chi connectivity index (χ1v) is 7.55. The van der Waals surface area contributed by atoms with Gasteiger partial charge in [-0.25, -0.2) is 9.78 Å². The molecule has 2 rings (SSSR count). The molecule has 0 bridgehead atoms. The second-order valence-electron chi connectivity index (χ2n) is 4.28. The molecule has 4 nitrogen and oxygen atoms in total. The third-order valence-corrected chi connectivity index (χ3v) is 4.46. The van der Waals surface area contributed by atoms with Gasteiger partial charge in [0.25, 0.3) is 0 Å². The third kappa shape index (κ3) is 3.81. The number of Topliss-reactive ketones (excluding diaryl/α,β-unsaturated/α-hetero) is 1. The van der Waals surface area contributed by atoms with Crippen LogP contribution in [0.5, 0.6) is 0 Å². The number of esters is 1. The van der Waals surface area contributed by atoms with Crippen molar-refractivity contribution in [3.8, 4) is 0 Å². The summed E-state index contributed by atoms with van der Waals surface area (Å²) >= 11 is 12.9. The van der Waals surface area contributed by atoms with E-state index in [1.807, 2.05) is 0 Å². The van der Waals surface area contributed by atoms with Crippen molar-refractivity contribution in [1.82, 2.24) is 4.98 Å². The number of ketones is 1. The summed E-state index contributed by atoms with van der Waals surface area (Å²) < 4.78 is 5.01. The minimum absolute atomic E-state index is 0.280. The molecule has 0 aliphatic carbocycles. The normalized spacial score (nSPS) is 10.5. The Bertz CT molecular complexity index is 712. The van der Waals surface area contributed by atoms with Gasteiger partial charge in [0.2, 0.25) is 0 Å². The third-order valence-electron chi connectivity index (χ3n) is 2.66. The molecule has 0 N–H and O–H groups in total.